The lowest BCUT2D eigenvalue weighted by atomic mass is 10.0. The van der Waals surface area contributed by atoms with Crippen LogP contribution in [0, 0.1) is 5.92 Å². The van der Waals surface area contributed by atoms with E-state index in [4.69, 9.17) is 4.74 Å². The summed E-state index contributed by atoms with van der Waals surface area (Å²) < 4.78 is 7.22. The first-order chi connectivity index (χ1) is 14.5. The van der Waals surface area contributed by atoms with Gasteiger partial charge in [0.05, 0.1) is 13.1 Å². The van der Waals surface area contributed by atoms with Gasteiger partial charge in [-0.1, -0.05) is 39.0 Å². The second-order valence-corrected chi connectivity index (χ2v) is 8.63. The summed E-state index contributed by atoms with van der Waals surface area (Å²) >= 11 is 0. The number of rotatable bonds is 14. The molecule has 0 radical (unpaired) electrons. The van der Waals surface area contributed by atoms with E-state index in [0.29, 0.717) is 32.0 Å². The fraction of sp³-hybridized carbons (Fsp3) is 0.750. The van der Waals surface area contributed by atoms with Gasteiger partial charge in [0.1, 0.15) is 0 Å². The zero-order valence-electron chi connectivity index (χ0n) is 19.3. The number of carbonyl (C=O) groups excluding carboxylic acids is 2. The van der Waals surface area contributed by atoms with Crippen LogP contribution in [0.1, 0.15) is 70.4 Å². The Morgan fingerprint density at radius 3 is 2.50 bits per heavy atom. The number of nitrogens with zero attached hydrogens (tertiary/aromatic N) is 3. The van der Waals surface area contributed by atoms with Gasteiger partial charge in [-0.3, -0.25) is 9.59 Å². The molecule has 1 aromatic heterocycles. The second-order valence-electron chi connectivity index (χ2n) is 8.63. The molecule has 1 aliphatic rings. The minimum Gasteiger partial charge on any atom is -0.385 e. The summed E-state index contributed by atoms with van der Waals surface area (Å²) in [5.74, 6) is 0.834. The van der Waals surface area contributed by atoms with Gasteiger partial charge in [-0.25, -0.2) is 0 Å². The number of hydrogen-bond acceptors (Lipinski definition) is 3. The molecule has 0 bridgehead atoms. The van der Waals surface area contributed by atoms with E-state index >= 15 is 0 Å². The highest BCUT2D eigenvalue weighted by atomic mass is 16.5. The SMILES string of the molecule is CCCCN(Cc1cccn1C)C(=O)CN(CCCOC)C(=O)CCC1CCCC1. The Labute approximate surface area is 182 Å². The molecule has 1 aromatic rings. The number of methoxy groups -OCH3 is 1. The lowest BCUT2D eigenvalue weighted by molar-refractivity contribution is -0.141. The quantitative estimate of drug-likeness (QED) is 0.429. The Morgan fingerprint density at radius 2 is 1.87 bits per heavy atom. The minimum atomic E-state index is 0.0382. The third-order valence-corrected chi connectivity index (χ3v) is 6.23. The first kappa shape index (κ1) is 24.4. The first-order valence-electron chi connectivity index (χ1n) is 11.7. The average Bonchev–Trinajstić information content (AvgIpc) is 3.40. The number of amides is 2. The molecule has 1 heterocycles. The van der Waals surface area contributed by atoms with E-state index in [0.717, 1.165) is 37.9 Å². The van der Waals surface area contributed by atoms with E-state index < -0.39 is 0 Å². The third kappa shape index (κ3) is 8.13. The molecule has 0 spiro atoms. The predicted octanol–water partition coefficient (Wildman–Crippen LogP) is 3.99. The summed E-state index contributed by atoms with van der Waals surface area (Å²) in [6, 6.07) is 4.05. The van der Waals surface area contributed by atoms with Gasteiger partial charge in [-0.2, -0.15) is 0 Å². The van der Waals surface area contributed by atoms with Gasteiger partial charge in [0.2, 0.25) is 11.8 Å². The highest BCUT2D eigenvalue weighted by molar-refractivity contribution is 5.84. The molecular formula is C24H41N3O3. The summed E-state index contributed by atoms with van der Waals surface area (Å²) in [6.45, 7) is 4.79. The Bertz CT molecular complexity index is 637. The normalized spacial score (nSPS) is 14.2. The van der Waals surface area contributed by atoms with Crippen molar-refractivity contribution in [3.05, 3.63) is 24.0 Å². The minimum absolute atomic E-state index is 0.0382. The number of aryl methyl sites for hydroxylation is 1. The van der Waals surface area contributed by atoms with Crippen molar-refractivity contribution in [2.75, 3.05) is 33.4 Å². The van der Waals surface area contributed by atoms with Gasteiger partial charge in [0.15, 0.2) is 0 Å². The van der Waals surface area contributed by atoms with Gasteiger partial charge in [0.25, 0.3) is 0 Å². The Kier molecular flexibility index (Phi) is 11.0. The molecule has 0 atom stereocenters. The van der Waals surface area contributed by atoms with Crippen molar-refractivity contribution in [3.63, 3.8) is 0 Å². The molecule has 6 nitrogen and oxygen atoms in total. The van der Waals surface area contributed by atoms with E-state index in [2.05, 4.69) is 17.6 Å². The molecule has 6 heteroatoms. The monoisotopic (exact) mass is 419 g/mol. The fourth-order valence-electron chi connectivity index (χ4n) is 4.24. The van der Waals surface area contributed by atoms with Crippen molar-refractivity contribution in [1.82, 2.24) is 14.4 Å². The Morgan fingerprint density at radius 1 is 1.13 bits per heavy atom. The Hall–Kier alpha value is -1.82. The lowest BCUT2D eigenvalue weighted by Gasteiger charge is -2.28. The van der Waals surface area contributed by atoms with Crippen molar-refractivity contribution in [1.29, 1.82) is 0 Å². The molecule has 2 amide bonds. The molecule has 2 rings (SSSR count). The number of ether oxygens (including phenoxy) is 1. The number of unbranched alkanes of at least 4 members (excludes halogenated alkanes) is 1. The lowest BCUT2D eigenvalue weighted by Crippen LogP contribution is -2.43. The van der Waals surface area contributed by atoms with Crippen molar-refractivity contribution in [2.24, 2.45) is 13.0 Å². The molecule has 0 saturated heterocycles. The van der Waals surface area contributed by atoms with Gasteiger partial charge in [-0.05, 0) is 37.3 Å². The summed E-state index contributed by atoms with van der Waals surface area (Å²) in [4.78, 5) is 29.8. The van der Waals surface area contributed by atoms with Crippen LogP contribution in [0.4, 0.5) is 0 Å². The van der Waals surface area contributed by atoms with Crippen LogP contribution in [-0.4, -0.2) is 59.5 Å². The maximum Gasteiger partial charge on any atom is 0.242 e. The number of carbonyl (C=O) groups is 2. The van der Waals surface area contributed by atoms with E-state index in [9.17, 15) is 9.59 Å². The van der Waals surface area contributed by atoms with Crippen molar-refractivity contribution in [3.8, 4) is 0 Å². The highest BCUT2D eigenvalue weighted by Crippen LogP contribution is 2.28. The summed E-state index contributed by atoms with van der Waals surface area (Å²) in [6.07, 6.45) is 11.3. The van der Waals surface area contributed by atoms with Crippen LogP contribution >= 0.6 is 0 Å². The molecule has 0 N–H and O–H groups in total. The van der Waals surface area contributed by atoms with Crippen LogP contribution in [-0.2, 0) is 27.9 Å². The zero-order valence-corrected chi connectivity index (χ0v) is 19.3. The van der Waals surface area contributed by atoms with Crippen LogP contribution in [0.15, 0.2) is 18.3 Å². The molecule has 0 unspecified atom stereocenters. The number of hydrogen-bond donors (Lipinski definition) is 0. The maximum absolute atomic E-state index is 13.2. The summed E-state index contributed by atoms with van der Waals surface area (Å²) in [7, 11) is 3.67. The smallest absolute Gasteiger partial charge is 0.242 e. The van der Waals surface area contributed by atoms with Crippen molar-refractivity contribution >= 4 is 11.8 Å². The average molecular weight is 420 g/mol. The fourth-order valence-corrected chi connectivity index (χ4v) is 4.24. The van der Waals surface area contributed by atoms with Crippen LogP contribution < -0.4 is 0 Å². The molecular weight excluding hydrogens is 378 g/mol. The van der Waals surface area contributed by atoms with Crippen LogP contribution in [0.2, 0.25) is 0 Å². The standard InChI is InChI=1S/C24H41N3O3/c1-4-5-16-26(19-22-12-8-15-25(22)2)24(29)20-27(17-9-18-30-3)23(28)14-13-21-10-6-7-11-21/h8,12,15,21H,4-7,9-11,13-14,16-20H2,1-3H3. The summed E-state index contributed by atoms with van der Waals surface area (Å²) in [5.41, 5.74) is 1.11. The van der Waals surface area contributed by atoms with Gasteiger partial charge in [0, 0.05) is 52.2 Å². The molecule has 30 heavy (non-hydrogen) atoms. The first-order valence-corrected chi connectivity index (χ1v) is 11.7. The van der Waals surface area contributed by atoms with Crippen LogP contribution in [0.25, 0.3) is 0 Å². The zero-order chi connectivity index (χ0) is 21.8. The molecule has 1 fully saturated rings. The highest BCUT2D eigenvalue weighted by Gasteiger charge is 2.23. The van der Waals surface area contributed by atoms with Crippen molar-refractivity contribution < 1.29 is 14.3 Å². The molecule has 170 valence electrons. The van der Waals surface area contributed by atoms with Gasteiger partial charge >= 0.3 is 0 Å². The molecule has 1 saturated carbocycles. The predicted molar refractivity (Wildman–Crippen MR) is 120 cm³/mol. The molecule has 0 aliphatic heterocycles. The molecule has 1 aliphatic carbocycles. The Balaban J connectivity index is 1.98. The summed E-state index contributed by atoms with van der Waals surface area (Å²) in [5, 5.41) is 0. The van der Waals surface area contributed by atoms with Gasteiger partial charge < -0.3 is 19.1 Å². The number of aromatic nitrogens is 1. The second kappa shape index (κ2) is 13.5. The largest absolute Gasteiger partial charge is 0.385 e. The maximum atomic E-state index is 13.2. The van der Waals surface area contributed by atoms with E-state index in [-0.39, 0.29) is 18.4 Å². The molecule has 0 aromatic carbocycles. The third-order valence-electron chi connectivity index (χ3n) is 6.23. The van der Waals surface area contributed by atoms with E-state index in [1.165, 1.54) is 25.7 Å². The van der Waals surface area contributed by atoms with Gasteiger partial charge in [-0.15, -0.1) is 0 Å². The van der Waals surface area contributed by atoms with E-state index in [1.807, 2.05) is 24.2 Å². The van der Waals surface area contributed by atoms with Crippen LogP contribution in [0.3, 0.4) is 0 Å². The van der Waals surface area contributed by atoms with E-state index in [1.54, 1.807) is 12.0 Å². The topological polar surface area (TPSA) is 54.8 Å². The van der Waals surface area contributed by atoms with Crippen LogP contribution in [0.5, 0.6) is 0 Å². The van der Waals surface area contributed by atoms with Crippen molar-refractivity contribution in [2.45, 2.75) is 71.3 Å².